The summed E-state index contributed by atoms with van der Waals surface area (Å²) in [4.78, 5) is 23.7. The van der Waals surface area contributed by atoms with E-state index >= 15 is 0 Å². The molecule has 0 aliphatic heterocycles. The van der Waals surface area contributed by atoms with Gasteiger partial charge in [-0.05, 0) is 32.8 Å². The van der Waals surface area contributed by atoms with E-state index in [2.05, 4.69) is 5.32 Å². The number of benzene rings is 1. The first-order valence-electron chi connectivity index (χ1n) is 7.40. The van der Waals surface area contributed by atoms with Gasteiger partial charge in [-0.3, -0.25) is 4.79 Å². The van der Waals surface area contributed by atoms with Crippen molar-refractivity contribution in [3.8, 4) is 0 Å². The van der Waals surface area contributed by atoms with E-state index in [1.54, 1.807) is 0 Å². The van der Waals surface area contributed by atoms with Gasteiger partial charge in [-0.2, -0.15) is 0 Å². The van der Waals surface area contributed by atoms with Crippen molar-refractivity contribution in [1.29, 1.82) is 0 Å². The molecule has 0 bridgehead atoms. The van der Waals surface area contributed by atoms with Crippen LogP contribution in [0.3, 0.4) is 0 Å². The Labute approximate surface area is 126 Å². The Bertz CT molecular complexity index is 491. The molecule has 0 spiro atoms. The summed E-state index contributed by atoms with van der Waals surface area (Å²) in [5.74, 6) is -1.23. The van der Waals surface area contributed by atoms with Gasteiger partial charge in [0.05, 0.1) is 5.41 Å². The third-order valence-electron chi connectivity index (χ3n) is 3.79. The minimum atomic E-state index is -0.975. The molecule has 4 nitrogen and oxygen atoms in total. The maximum atomic E-state index is 12.5. The van der Waals surface area contributed by atoms with Crippen LogP contribution >= 0.6 is 0 Å². The zero-order valence-electron chi connectivity index (χ0n) is 13.3. The van der Waals surface area contributed by atoms with Crippen LogP contribution in [0.1, 0.15) is 51.2 Å². The highest BCUT2D eigenvalue weighted by Crippen LogP contribution is 2.24. The topological polar surface area (TPSA) is 66.4 Å². The molecule has 1 aromatic rings. The molecular formula is C17H25NO3. The van der Waals surface area contributed by atoms with Gasteiger partial charge in [0.25, 0.3) is 0 Å². The second kappa shape index (κ2) is 7.25. The lowest BCUT2D eigenvalue weighted by molar-refractivity contribution is -0.142. The van der Waals surface area contributed by atoms with Crippen molar-refractivity contribution in [3.63, 3.8) is 0 Å². The largest absolute Gasteiger partial charge is 0.480 e. The van der Waals surface area contributed by atoms with Crippen molar-refractivity contribution in [2.75, 3.05) is 0 Å². The minimum absolute atomic E-state index is 0.255. The number of carboxylic acids is 1. The van der Waals surface area contributed by atoms with Crippen LogP contribution in [-0.4, -0.2) is 23.0 Å². The summed E-state index contributed by atoms with van der Waals surface area (Å²) in [7, 11) is 0. The first-order valence-corrected chi connectivity index (χ1v) is 7.40. The summed E-state index contributed by atoms with van der Waals surface area (Å²) in [6.07, 6.45) is 2.14. The molecule has 0 unspecified atom stereocenters. The number of unbranched alkanes of at least 4 members (excludes halogenated alkanes) is 1. The van der Waals surface area contributed by atoms with Crippen LogP contribution in [0.5, 0.6) is 0 Å². The SMILES string of the molecule is CCCC[C@H](NC(=O)C(C)(C)c1ccc(C)cc1)C(=O)O. The van der Waals surface area contributed by atoms with Crippen LogP contribution in [-0.2, 0) is 15.0 Å². The van der Waals surface area contributed by atoms with Gasteiger partial charge in [0.15, 0.2) is 0 Å². The predicted octanol–water partition coefficient (Wildman–Crippen LogP) is 3.03. The number of aliphatic carboxylic acids is 1. The number of nitrogens with one attached hydrogen (secondary N) is 1. The Morgan fingerprint density at radius 2 is 1.81 bits per heavy atom. The average molecular weight is 291 g/mol. The van der Waals surface area contributed by atoms with E-state index in [4.69, 9.17) is 0 Å². The highest BCUT2D eigenvalue weighted by molar-refractivity contribution is 5.90. The second-order valence-corrected chi connectivity index (χ2v) is 6.00. The van der Waals surface area contributed by atoms with E-state index in [9.17, 15) is 14.7 Å². The molecule has 2 N–H and O–H groups in total. The molecule has 0 aliphatic rings. The fourth-order valence-electron chi connectivity index (χ4n) is 2.11. The Morgan fingerprint density at radius 1 is 1.24 bits per heavy atom. The molecule has 0 saturated carbocycles. The Morgan fingerprint density at radius 3 is 2.29 bits per heavy atom. The summed E-state index contributed by atoms with van der Waals surface area (Å²) in [6.45, 7) is 7.61. The number of hydrogen-bond acceptors (Lipinski definition) is 2. The fourth-order valence-corrected chi connectivity index (χ4v) is 2.11. The number of carbonyl (C=O) groups excluding carboxylic acids is 1. The van der Waals surface area contributed by atoms with Gasteiger partial charge in [0.1, 0.15) is 6.04 Å². The van der Waals surface area contributed by atoms with Crippen LogP contribution in [0.2, 0.25) is 0 Å². The zero-order chi connectivity index (χ0) is 16.0. The monoisotopic (exact) mass is 291 g/mol. The van der Waals surface area contributed by atoms with Gasteiger partial charge in [0.2, 0.25) is 5.91 Å². The van der Waals surface area contributed by atoms with Crippen LogP contribution < -0.4 is 5.32 Å². The van der Waals surface area contributed by atoms with Gasteiger partial charge in [-0.1, -0.05) is 49.6 Å². The van der Waals surface area contributed by atoms with E-state index in [1.165, 1.54) is 0 Å². The van der Waals surface area contributed by atoms with Gasteiger partial charge in [0, 0.05) is 0 Å². The van der Waals surface area contributed by atoms with Crippen molar-refractivity contribution in [1.82, 2.24) is 5.32 Å². The molecule has 0 radical (unpaired) electrons. The lowest BCUT2D eigenvalue weighted by Gasteiger charge is -2.26. The number of rotatable bonds is 7. The fraction of sp³-hybridized carbons (Fsp3) is 0.529. The molecule has 1 rings (SSSR count). The molecule has 0 saturated heterocycles. The molecule has 21 heavy (non-hydrogen) atoms. The van der Waals surface area contributed by atoms with E-state index < -0.39 is 17.4 Å². The molecule has 1 aromatic carbocycles. The van der Waals surface area contributed by atoms with Crippen LogP contribution in [0.25, 0.3) is 0 Å². The van der Waals surface area contributed by atoms with E-state index in [0.717, 1.165) is 24.0 Å². The quantitative estimate of drug-likeness (QED) is 0.811. The number of carboxylic acid groups (broad SMARTS) is 1. The Hall–Kier alpha value is -1.84. The predicted molar refractivity (Wildman–Crippen MR) is 83.3 cm³/mol. The normalized spacial score (nSPS) is 12.8. The van der Waals surface area contributed by atoms with Crippen molar-refractivity contribution in [2.45, 2.75) is 58.4 Å². The third kappa shape index (κ3) is 4.59. The molecule has 4 heteroatoms. The summed E-state index contributed by atoms with van der Waals surface area (Å²) >= 11 is 0. The average Bonchev–Trinajstić information content (AvgIpc) is 2.43. The van der Waals surface area contributed by atoms with Crippen molar-refractivity contribution < 1.29 is 14.7 Å². The summed E-state index contributed by atoms with van der Waals surface area (Å²) < 4.78 is 0. The van der Waals surface area contributed by atoms with Gasteiger partial charge in [-0.15, -0.1) is 0 Å². The van der Waals surface area contributed by atoms with Crippen molar-refractivity contribution in [2.24, 2.45) is 0 Å². The lowest BCUT2D eigenvalue weighted by atomic mass is 9.83. The Balaban J connectivity index is 2.84. The zero-order valence-corrected chi connectivity index (χ0v) is 13.3. The number of carbonyl (C=O) groups is 2. The molecule has 1 amide bonds. The molecular weight excluding hydrogens is 266 g/mol. The highest BCUT2D eigenvalue weighted by Gasteiger charge is 2.32. The van der Waals surface area contributed by atoms with Crippen LogP contribution in [0.15, 0.2) is 24.3 Å². The first-order chi connectivity index (χ1) is 9.78. The number of aryl methyl sites for hydroxylation is 1. The first kappa shape index (κ1) is 17.2. The summed E-state index contributed by atoms with van der Waals surface area (Å²) in [5.41, 5.74) is 1.25. The van der Waals surface area contributed by atoms with Gasteiger partial charge < -0.3 is 10.4 Å². The maximum Gasteiger partial charge on any atom is 0.326 e. The molecule has 0 fully saturated rings. The van der Waals surface area contributed by atoms with Crippen LogP contribution in [0, 0.1) is 6.92 Å². The van der Waals surface area contributed by atoms with Crippen molar-refractivity contribution in [3.05, 3.63) is 35.4 Å². The second-order valence-electron chi connectivity index (χ2n) is 6.00. The summed E-state index contributed by atoms with van der Waals surface area (Å²) in [5, 5.41) is 11.9. The molecule has 0 aliphatic carbocycles. The number of hydrogen-bond donors (Lipinski definition) is 2. The highest BCUT2D eigenvalue weighted by atomic mass is 16.4. The molecule has 1 atom stereocenters. The van der Waals surface area contributed by atoms with Crippen LogP contribution in [0.4, 0.5) is 0 Å². The van der Waals surface area contributed by atoms with E-state index in [1.807, 2.05) is 52.0 Å². The molecule has 0 aromatic heterocycles. The van der Waals surface area contributed by atoms with E-state index in [0.29, 0.717) is 6.42 Å². The smallest absolute Gasteiger partial charge is 0.326 e. The van der Waals surface area contributed by atoms with E-state index in [-0.39, 0.29) is 5.91 Å². The maximum absolute atomic E-state index is 12.5. The molecule has 0 heterocycles. The van der Waals surface area contributed by atoms with Crippen molar-refractivity contribution >= 4 is 11.9 Å². The summed E-state index contributed by atoms with van der Waals surface area (Å²) in [6, 6.07) is 6.92. The van der Waals surface area contributed by atoms with Gasteiger partial charge in [-0.25, -0.2) is 4.79 Å². The lowest BCUT2D eigenvalue weighted by Crippen LogP contribution is -2.48. The Kier molecular flexibility index (Phi) is 5.94. The minimum Gasteiger partial charge on any atom is -0.480 e. The molecule has 116 valence electrons. The van der Waals surface area contributed by atoms with Gasteiger partial charge >= 0.3 is 5.97 Å². The number of amides is 1. The third-order valence-corrected chi connectivity index (χ3v) is 3.79. The standard InChI is InChI=1S/C17H25NO3/c1-5-6-7-14(15(19)20)18-16(21)17(3,4)13-10-8-12(2)9-11-13/h8-11,14H,5-7H2,1-4H3,(H,18,21)(H,19,20)/t14-/m0/s1.